The number of pyridine rings is 1. The number of carbonyl (C=O) groups excluding carboxylic acids is 2. The number of benzene rings is 2. The molecule has 0 saturated carbocycles. The minimum Gasteiger partial charge on any atom is -0.384 e. The summed E-state index contributed by atoms with van der Waals surface area (Å²) in [6, 6.07) is 14.4. The molecule has 0 radical (unpaired) electrons. The number of nitrogens with one attached hydrogen (secondary N) is 1. The van der Waals surface area contributed by atoms with E-state index in [9.17, 15) is 22.8 Å². The number of rotatable bonds is 6. The molecule has 0 bridgehead atoms. The zero-order valence-electron chi connectivity index (χ0n) is 23.0. The van der Waals surface area contributed by atoms with Gasteiger partial charge in [0.15, 0.2) is 0 Å². The molecule has 218 valence electrons. The zero-order chi connectivity index (χ0) is 30.1. The van der Waals surface area contributed by atoms with Crippen molar-refractivity contribution in [1.29, 1.82) is 0 Å². The summed E-state index contributed by atoms with van der Waals surface area (Å²) in [5.41, 5.74) is 6.46. The first-order chi connectivity index (χ1) is 19.9. The number of aromatic nitrogens is 1. The van der Waals surface area contributed by atoms with Crippen molar-refractivity contribution in [1.82, 2.24) is 15.2 Å². The van der Waals surface area contributed by atoms with Crippen molar-refractivity contribution in [3.63, 3.8) is 0 Å². The first kappa shape index (κ1) is 29.3. The Morgan fingerprint density at radius 1 is 1.12 bits per heavy atom. The number of carbonyl (C=O) groups is 2. The fourth-order valence-corrected chi connectivity index (χ4v) is 5.88. The number of halogens is 3. The van der Waals surface area contributed by atoms with Crippen LogP contribution in [0.1, 0.15) is 40.2 Å². The highest BCUT2D eigenvalue weighted by Gasteiger charge is 2.34. The van der Waals surface area contributed by atoms with E-state index in [2.05, 4.69) is 10.3 Å². The highest BCUT2D eigenvalue weighted by atomic mass is 32.1. The average Bonchev–Trinajstić information content (AvgIpc) is 3.37. The van der Waals surface area contributed by atoms with Gasteiger partial charge in [0, 0.05) is 40.5 Å². The third-order valence-corrected chi connectivity index (χ3v) is 8.01. The number of nitrogens with two attached hydrogens (primary N) is 1. The van der Waals surface area contributed by atoms with Gasteiger partial charge in [0.05, 0.1) is 24.3 Å². The summed E-state index contributed by atoms with van der Waals surface area (Å²) in [7, 11) is 0. The molecule has 11 heteroatoms. The molecule has 1 aliphatic rings. The molecule has 5 rings (SSSR count). The molecule has 4 aromatic rings. The Kier molecular flexibility index (Phi) is 8.07. The molecule has 3 heterocycles. The Labute approximate surface area is 244 Å². The van der Waals surface area contributed by atoms with Gasteiger partial charge in [-0.15, -0.1) is 11.3 Å². The van der Waals surface area contributed by atoms with Crippen molar-refractivity contribution >= 4 is 45.1 Å². The van der Waals surface area contributed by atoms with Gasteiger partial charge in [0.1, 0.15) is 5.82 Å². The number of hydrogen-bond acceptors (Lipinski definition) is 6. The molecule has 2 aromatic carbocycles. The molecule has 2 aromatic heterocycles. The second kappa shape index (κ2) is 11.6. The van der Waals surface area contributed by atoms with E-state index in [0.29, 0.717) is 58.0 Å². The van der Waals surface area contributed by atoms with E-state index < -0.39 is 23.2 Å². The smallest absolute Gasteiger partial charge is 0.384 e. The summed E-state index contributed by atoms with van der Waals surface area (Å²) in [5, 5.41) is 3.13. The molecule has 0 unspecified atom stereocenters. The van der Waals surface area contributed by atoms with Crippen molar-refractivity contribution < 1.29 is 27.5 Å². The van der Waals surface area contributed by atoms with Crippen LogP contribution in [-0.2, 0) is 22.3 Å². The second-order valence-electron chi connectivity index (χ2n) is 10.6. The third kappa shape index (κ3) is 6.80. The van der Waals surface area contributed by atoms with Gasteiger partial charge < -0.3 is 20.7 Å². The summed E-state index contributed by atoms with van der Waals surface area (Å²) in [6.07, 6.45) is -0.151. The molecule has 7 nitrogen and oxygen atoms in total. The van der Waals surface area contributed by atoms with Crippen LogP contribution in [0.2, 0.25) is 0 Å². The van der Waals surface area contributed by atoms with Crippen molar-refractivity contribution in [2.75, 3.05) is 25.4 Å². The van der Waals surface area contributed by atoms with Gasteiger partial charge in [-0.05, 0) is 84.5 Å². The molecule has 0 spiro atoms. The Hall–Kier alpha value is -4.22. The minimum absolute atomic E-state index is 0.0737. The van der Waals surface area contributed by atoms with Crippen molar-refractivity contribution in [2.45, 2.75) is 32.2 Å². The van der Waals surface area contributed by atoms with E-state index >= 15 is 0 Å². The van der Waals surface area contributed by atoms with Gasteiger partial charge in [-0.2, -0.15) is 13.2 Å². The Morgan fingerprint density at radius 3 is 2.55 bits per heavy atom. The molecule has 2 amide bonds. The summed E-state index contributed by atoms with van der Waals surface area (Å²) in [4.78, 5) is 31.6. The Bertz CT molecular complexity index is 1650. The summed E-state index contributed by atoms with van der Waals surface area (Å²) < 4.78 is 48.1. The van der Waals surface area contributed by atoms with Crippen LogP contribution >= 0.6 is 11.3 Å². The number of alkyl halides is 3. The lowest BCUT2D eigenvalue weighted by Crippen LogP contribution is -2.50. The number of fused-ring (bicyclic) bond motifs is 1. The molecular weight excluding hydrogens is 565 g/mol. The summed E-state index contributed by atoms with van der Waals surface area (Å²) >= 11 is 0.992. The van der Waals surface area contributed by atoms with Crippen LogP contribution < -0.4 is 11.1 Å². The number of ether oxygens (including phenoxy) is 1. The van der Waals surface area contributed by atoms with E-state index in [4.69, 9.17) is 10.5 Å². The predicted octanol–water partition coefficient (Wildman–Crippen LogP) is 6.14. The largest absolute Gasteiger partial charge is 0.417 e. The van der Waals surface area contributed by atoms with Crippen LogP contribution in [0.5, 0.6) is 0 Å². The van der Waals surface area contributed by atoms with Crippen molar-refractivity contribution in [3.8, 4) is 11.1 Å². The molecule has 0 aliphatic carbocycles. The number of amides is 2. The van der Waals surface area contributed by atoms with Crippen LogP contribution in [0.3, 0.4) is 0 Å². The number of hydrogen-bond donors (Lipinski definition) is 2. The standard InChI is InChI=1S/C31H29F3N4O3S/c1-30(2)18-38(11-12-41-30)29(40)21-7-5-20(6-8-21)22-13-23-14-24(42-28(23)25(15-22)31(32,33)34)17-37-27(39)10-4-19-3-9-26(35)36-16-19/h3-10,13-16H,11-12,17-18H2,1-2H3,(H2,35,36)(H,37,39)/b10-4+. The fraction of sp³-hybridized carbons (Fsp3) is 0.258. The zero-order valence-corrected chi connectivity index (χ0v) is 23.8. The lowest BCUT2D eigenvalue weighted by atomic mass is 9.99. The first-order valence-electron chi connectivity index (χ1n) is 13.2. The van der Waals surface area contributed by atoms with Crippen LogP contribution in [0.4, 0.5) is 19.0 Å². The molecule has 0 atom stereocenters. The van der Waals surface area contributed by atoms with Crippen LogP contribution in [-0.4, -0.2) is 47.0 Å². The molecule has 1 saturated heterocycles. The second-order valence-corrected chi connectivity index (χ2v) is 11.8. The fourth-order valence-electron chi connectivity index (χ4n) is 4.77. The van der Waals surface area contributed by atoms with Gasteiger partial charge in [-0.3, -0.25) is 9.59 Å². The van der Waals surface area contributed by atoms with Crippen LogP contribution in [0.25, 0.3) is 27.3 Å². The van der Waals surface area contributed by atoms with Gasteiger partial charge in [-0.1, -0.05) is 12.1 Å². The third-order valence-electron chi connectivity index (χ3n) is 6.82. The van der Waals surface area contributed by atoms with E-state index in [-0.39, 0.29) is 17.2 Å². The maximum absolute atomic E-state index is 14.1. The number of nitrogen functional groups attached to an aromatic ring is 1. The quantitative estimate of drug-likeness (QED) is 0.261. The summed E-state index contributed by atoms with van der Waals surface area (Å²) in [5.74, 6) is -0.173. The average molecular weight is 595 g/mol. The van der Waals surface area contributed by atoms with E-state index in [1.807, 2.05) is 13.8 Å². The topological polar surface area (TPSA) is 97.6 Å². The normalized spacial score (nSPS) is 15.3. The van der Waals surface area contributed by atoms with E-state index in [1.165, 1.54) is 12.3 Å². The Balaban J connectivity index is 1.34. The maximum Gasteiger partial charge on any atom is 0.417 e. The molecular formula is C31H29F3N4O3S. The summed E-state index contributed by atoms with van der Waals surface area (Å²) in [6.45, 7) is 5.30. The minimum atomic E-state index is -4.57. The van der Waals surface area contributed by atoms with Gasteiger partial charge in [0.25, 0.3) is 5.91 Å². The maximum atomic E-state index is 14.1. The highest BCUT2D eigenvalue weighted by molar-refractivity contribution is 7.19. The van der Waals surface area contributed by atoms with Crippen molar-refractivity contribution in [2.24, 2.45) is 0 Å². The van der Waals surface area contributed by atoms with E-state index in [1.54, 1.807) is 59.5 Å². The predicted molar refractivity (Wildman–Crippen MR) is 158 cm³/mol. The van der Waals surface area contributed by atoms with Gasteiger partial charge in [0.2, 0.25) is 5.91 Å². The molecule has 42 heavy (non-hydrogen) atoms. The monoisotopic (exact) mass is 594 g/mol. The first-order valence-corrected chi connectivity index (χ1v) is 14.0. The Morgan fingerprint density at radius 2 is 1.88 bits per heavy atom. The van der Waals surface area contributed by atoms with Crippen LogP contribution in [0, 0.1) is 0 Å². The lowest BCUT2D eigenvalue weighted by Gasteiger charge is -2.38. The molecule has 1 fully saturated rings. The van der Waals surface area contributed by atoms with Crippen LogP contribution in [0.15, 0.2) is 66.9 Å². The van der Waals surface area contributed by atoms with Crippen molar-refractivity contribution in [3.05, 3.63) is 88.4 Å². The lowest BCUT2D eigenvalue weighted by molar-refractivity contribution is -0.136. The van der Waals surface area contributed by atoms with E-state index in [0.717, 1.165) is 17.4 Å². The number of anilines is 1. The van der Waals surface area contributed by atoms with Gasteiger partial charge in [-0.25, -0.2) is 4.98 Å². The molecule has 1 aliphatic heterocycles. The van der Waals surface area contributed by atoms with Gasteiger partial charge >= 0.3 is 6.18 Å². The number of nitrogens with zero attached hydrogens (tertiary/aromatic N) is 2. The highest BCUT2D eigenvalue weighted by Crippen LogP contribution is 2.41. The SMILES string of the molecule is CC1(C)CN(C(=O)c2ccc(-c3cc(C(F)(F)F)c4sc(CNC(=O)/C=C/c5ccc(N)nc5)cc4c3)cc2)CCO1. The molecule has 3 N–H and O–H groups in total. The number of thiophene rings is 1. The number of morpholine rings is 1.